The van der Waals surface area contributed by atoms with Gasteiger partial charge in [0.25, 0.3) is 0 Å². The molecule has 2 N–H and O–H groups in total. The molecule has 1 aromatic rings. The van der Waals surface area contributed by atoms with E-state index < -0.39 is 0 Å². The molecular weight excluding hydrogens is 309 g/mol. The summed E-state index contributed by atoms with van der Waals surface area (Å²) in [7, 11) is 2.10. The summed E-state index contributed by atoms with van der Waals surface area (Å²) in [5.74, 6) is -0.00410. The van der Waals surface area contributed by atoms with Crippen LogP contribution in [0.2, 0.25) is 10.0 Å². The van der Waals surface area contributed by atoms with Gasteiger partial charge in [-0.2, -0.15) is 0 Å². The van der Waals surface area contributed by atoms with Gasteiger partial charge < -0.3 is 15.5 Å². The number of halogens is 2. The molecule has 1 aliphatic heterocycles. The molecule has 1 aliphatic rings. The highest BCUT2D eigenvalue weighted by molar-refractivity contribution is 6.36. The third-order valence-electron chi connectivity index (χ3n) is 3.76. The number of hydrogen-bond donors (Lipinski definition) is 2. The van der Waals surface area contributed by atoms with Crippen molar-refractivity contribution in [3.05, 3.63) is 28.2 Å². The number of benzene rings is 1. The average Bonchev–Trinajstić information content (AvgIpc) is 2.44. The van der Waals surface area contributed by atoms with Crippen molar-refractivity contribution in [2.45, 2.75) is 31.8 Å². The Hall–Kier alpha value is -0.970. The van der Waals surface area contributed by atoms with E-state index in [-0.39, 0.29) is 18.0 Å². The largest absolute Gasteiger partial charge is 0.373 e. The van der Waals surface area contributed by atoms with Gasteiger partial charge in [0.2, 0.25) is 5.91 Å². The van der Waals surface area contributed by atoms with Crippen LogP contribution in [0.1, 0.15) is 19.8 Å². The molecule has 1 atom stereocenters. The van der Waals surface area contributed by atoms with Crippen LogP contribution in [0.4, 0.5) is 5.69 Å². The van der Waals surface area contributed by atoms with Gasteiger partial charge in [-0.05, 0) is 58.1 Å². The number of nitrogens with one attached hydrogen (secondary N) is 2. The summed E-state index contributed by atoms with van der Waals surface area (Å²) < 4.78 is 0. The van der Waals surface area contributed by atoms with Crippen LogP contribution < -0.4 is 10.6 Å². The van der Waals surface area contributed by atoms with Gasteiger partial charge >= 0.3 is 0 Å². The van der Waals surface area contributed by atoms with E-state index >= 15 is 0 Å². The maximum Gasteiger partial charge on any atom is 0.242 e. The van der Waals surface area contributed by atoms with Crippen molar-refractivity contribution < 1.29 is 4.79 Å². The average molecular weight is 330 g/mol. The van der Waals surface area contributed by atoms with E-state index in [9.17, 15) is 4.79 Å². The molecule has 0 aliphatic carbocycles. The molecule has 116 valence electrons. The summed E-state index contributed by atoms with van der Waals surface area (Å²) in [6.07, 6.45) is 1.99. The Balaban J connectivity index is 1.87. The molecule has 4 nitrogen and oxygen atoms in total. The summed E-state index contributed by atoms with van der Waals surface area (Å²) >= 11 is 12.0. The molecule has 0 spiro atoms. The van der Waals surface area contributed by atoms with Gasteiger partial charge in [0.1, 0.15) is 6.04 Å². The second kappa shape index (κ2) is 7.34. The van der Waals surface area contributed by atoms with Gasteiger partial charge in [-0.25, -0.2) is 0 Å². The summed E-state index contributed by atoms with van der Waals surface area (Å²) in [5, 5.41) is 7.31. The lowest BCUT2D eigenvalue weighted by molar-refractivity contribution is -0.122. The summed E-state index contributed by atoms with van der Waals surface area (Å²) in [4.78, 5) is 14.5. The first-order valence-electron chi connectivity index (χ1n) is 7.16. The van der Waals surface area contributed by atoms with Gasteiger partial charge in [0, 0.05) is 11.1 Å². The predicted octanol–water partition coefficient (Wildman–Crippen LogP) is 3.00. The number of amides is 1. The standard InChI is InChI=1S/C15H21Cl2N3O/c1-10(18-14-4-3-11(16)9-13(14)17)15(21)19-12-5-7-20(2)8-6-12/h3-4,9-10,12,18H,5-8H2,1-2H3,(H,19,21). The van der Waals surface area contributed by atoms with Crippen LogP contribution in [0.5, 0.6) is 0 Å². The van der Waals surface area contributed by atoms with Gasteiger partial charge in [0.05, 0.1) is 10.7 Å². The van der Waals surface area contributed by atoms with Crippen LogP contribution in [0.3, 0.4) is 0 Å². The van der Waals surface area contributed by atoms with Crippen molar-refractivity contribution in [2.75, 3.05) is 25.5 Å². The molecule has 0 saturated carbocycles. The lowest BCUT2D eigenvalue weighted by Crippen LogP contribution is -2.47. The molecule has 2 rings (SSSR count). The zero-order valence-corrected chi connectivity index (χ0v) is 13.8. The minimum Gasteiger partial charge on any atom is -0.373 e. The minimum atomic E-state index is -0.344. The molecular formula is C15H21Cl2N3O. The highest BCUT2D eigenvalue weighted by Crippen LogP contribution is 2.25. The monoisotopic (exact) mass is 329 g/mol. The number of rotatable bonds is 4. The molecule has 21 heavy (non-hydrogen) atoms. The van der Waals surface area contributed by atoms with Gasteiger partial charge in [-0.1, -0.05) is 23.2 Å². The Morgan fingerprint density at radius 2 is 2.00 bits per heavy atom. The number of nitrogens with zero attached hydrogens (tertiary/aromatic N) is 1. The highest BCUT2D eigenvalue weighted by atomic mass is 35.5. The lowest BCUT2D eigenvalue weighted by atomic mass is 10.1. The molecule has 1 heterocycles. The Kier molecular flexibility index (Phi) is 5.73. The number of carbonyl (C=O) groups is 1. The quantitative estimate of drug-likeness (QED) is 0.892. The van der Waals surface area contributed by atoms with E-state index in [0.717, 1.165) is 25.9 Å². The Labute approximate surface area is 135 Å². The van der Waals surface area contributed by atoms with E-state index in [4.69, 9.17) is 23.2 Å². The molecule has 0 radical (unpaired) electrons. The van der Waals surface area contributed by atoms with Crippen LogP contribution in [0.15, 0.2) is 18.2 Å². The van der Waals surface area contributed by atoms with Gasteiger partial charge in [-0.15, -0.1) is 0 Å². The number of likely N-dealkylation sites (tertiary alicyclic amines) is 1. The summed E-state index contributed by atoms with van der Waals surface area (Å²) in [6.45, 7) is 3.88. The van der Waals surface area contributed by atoms with Crippen molar-refractivity contribution in [3.8, 4) is 0 Å². The minimum absolute atomic E-state index is 0.00410. The van der Waals surface area contributed by atoms with E-state index in [0.29, 0.717) is 15.7 Å². The maximum atomic E-state index is 12.2. The second-order valence-electron chi connectivity index (χ2n) is 5.58. The molecule has 0 bridgehead atoms. The fourth-order valence-corrected chi connectivity index (χ4v) is 2.85. The molecule has 1 fully saturated rings. The molecule has 1 aromatic carbocycles. The number of anilines is 1. The Bertz CT molecular complexity index is 502. The zero-order valence-electron chi connectivity index (χ0n) is 12.3. The first-order valence-corrected chi connectivity index (χ1v) is 7.92. The SMILES string of the molecule is CC(Nc1ccc(Cl)cc1Cl)C(=O)NC1CCN(C)CC1. The van der Waals surface area contributed by atoms with Crippen LogP contribution >= 0.6 is 23.2 Å². The lowest BCUT2D eigenvalue weighted by Gasteiger charge is -2.30. The van der Waals surface area contributed by atoms with Crippen molar-refractivity contribution in [1.29, 1.82) is 0 Å². The van der Waals surface area contributed by atoms with Gasteiger partial charge in [0.15, 0.2) is 0 Å². The van der Waals surface area contributed by atoms with E-state index in [1.807, 2.05) is 6.92 Å². The van der Waals surface area contributed by atoms with Crippen molar-refractivity contribution in [2.24, 2.45) is 0 Å². The van der Waals surface area contributed by atoms with Crippen LogP contribution in [-0.4, -0.2) is 43.0 Å². The highest BCUT2D eigenvalue weighted by Gasteiger charge is 2.21. The van der Waals surface area contributed by atoms with Crippen LogP contribution in [0, 0.1) is 0 Å². The number of piperidine rings is 1. The topological polar surface area (TPSA) is 44.4 Å². The summed E-state index contributed by atoms with van der Waals surface area (Å²) in [5.41, 5.74) is 0.715. The Morgan fingerprint density at radius 3 is 2.62 bits per heavy atom. The summed E-state index contributed by atoms with van der Waals surface area (Å²) in [6, 6.07) is 5.11. The number of hydrogen-bond acceptors (Lipinski definition) is 3. The van der Waals surface area contributed by atoms with Crippen molar-refractivity contribution >= 4 is 34.8 Å². The Morgan fingerprint density at radius 1 is 1.33 bits per heavy atom. The fraction of sp³-hybridized carbons (Fsp3) is 0.533. The van der Waals surface area contributed by atoms with Crippen LogP contribution in [0.25, 0.3) is 0 Å². The predicted molar refractivity (Wildman–Crippen MR) is 88.2 cm³/mol. The van der Waals surface area contributed by atoms with Crippen LogP contribution in [-0.2, 0) is 4.79 Å². The zero-order chi connectivity index (χ0) is 15.4. The van der Waals surface area contributed by atoms with Crippen molar-refractivity contribution in [3.63, 3.8) is 0 Å². The molecule has 1 saturated heterocycles. The number of carbonyl (C=O) groups excluding carboxylic acids is 1. The maximum absolute atomic E-state index is 12.2. The van der Waals surface area contributed by atoms with Crippen molar-refractivity contribution in [1.82, 2.24) is 10.2 Å². The third-order valence-corrected chi connectivity index (χ3v) is 4.31. The second-order valence-corrected chi connectivity index (χ2v) is 6.42. The van der Waals surface area contributed by atoms with E-state index in [2.05, 4.69) is 22.6 Å². The normalized spacial score (nSPS) is 18.3. The third kappa shape index (κ3) is 4.77. The first-order chi connectivity index (χ1) is 9.95. The van der Waals surface area contributed by atoms with Gasteiger partial charge in [-0.3, -0.25) is 4.79 Å². The molecule has 1 unspecified atom stereocenters. The van der Waals surface area contributed by atoms with E-state index in [1.165, 1.54) is 0 Å². The molecule has 0 aromatic heterocycles. The first kappa shape index (κ1) is 16.4. The smallest absolute Gasteiger partial charge is 0.242 e. The fourth-order valence-electron chi connectivity index (χ4n) is 2.38. The van der Waals surface area contributed by atoms with E-state index in [1.54, 1.807) is 18.2 Å². The molecule has 6 heteroatoms. The molecule has 1 amide bonds.